The van der Waals surface area contributed by atoms with E-state index in [0.29, 0.717) is 6.61 Å². The molecular formula is C17H25NO2. The van der Waals surface area contributed by atoms with E-state index in [1.165, 1.54) is 18.4 Å². The van der Waals surface area contributed by atoms with Crippen LogP contribution in [0.1, 0.15) is 42.6 Å². The van der Waals surface area contributed by atoms with Crippen LogP contribution in [0.5, 0.6) is 5.75 Å². The molecular weight excluding hydrogens is 250 g/mol. The van der Waals surface area contributed by atoms with E-state index in [-0.39, 0.29) is 6.04 Å². The molecule has 0 spiro atoms. The first-order valence-corrected chi connectivity index (χ1v) is 7.72. The van der Waals surface area contributed by atoms with E-state index < -0.39 is 6.10 Å². The highest BCUT2D eigenvalue weighted by molar-refractivity contribution is 5.46. The van der Waals surface area contributed by atoms with Crippen molar-refractivity contribution in [1.29, 1.82) is 0 Å². The minimum absolute atomic E-state index is 0.103. The van der Waals surface area contributed by atoms with Crippen molar-refractivity contribution in [2.24, 2.45) is 5.92 Å². The Morgan fingerprint density at radius 2 is 2.10 bits per heavy atom. The van der Waals surface area contributed by atoms with Crippen LogP contribution in [-0.4, -0.2) is 35.7 Å². The summed E-state index contributed by atoms with van der Waals surface area (Å²) in [5, 5.41) is 10.8. The lowest BCUT2D eigenvalue weighted by molar-refractivity contribution is -0.0130. The van der Waals surface area contributed by atoms with Gasteiger partial charge in [-0.25, -0.2) is 0 Å². The van der Waals surface area contributed by atoms with Crippen LogP contribution in [0.4, 0.5) is 0 Å². The standard InChI is InChI=1S/C17H25NO2/c1-11-5-4-6-18(9-11)14-10-20-15-8-12(2)7-13(3)16(15)17(14)19/h7-8,11,14,17,19H,4-6,9-10H2,1-3H3. The highest BCUT2D eigenvalue weighted by Gasteiger charge is 2.36. The molecule has 2 heterocycles. The zero-order chi connectivity index (χ0) is 14.3. The summed E-state index contributed by atoms with van der Waals surface area (Å²) in [6.45, 7) is 9.19. The van der Waals surface area contributed by atoms with E-state index >= 15 is 0 Å². The Labute approximate surface area is 121 Å². The lowest BCUT2D eigenvalue weighted by Gasteiger charge is -2.42. The van der Waals surface area contributed by atoms with Crippen LogP contribution in [0.3, 0.4) is 0 Å². The number of nitrogens with zero attached hydrogens (tertiary/aromatic N) is 1. The molecule has 3 unspecified atom stereocenters. The molecule has 0 aromatic heterocycles. The number of aryl methyl sites for hydroxylation is 2. The Bertz CT molecular complexity index is 500. The minimum atomic E-state index is -0.426. The Kier molecular flexibility index (Phi) is 3.74. The van der Waals surface area contributed by atoms with Crippen molar-refractivity contribution in [2.45, 2.75) is 45.8 Å². The van der Waals surface area contributed by atoms with Gasteiger partial charge in [0.2, 0.25) is 0 Å². The second kappa shape index (κ2) is 5.38. The first kappa shape index (κ1) is 13.9. The Morgan fingerprint density at radius 3 is 2.85 bits per heavy atom. The molecule has 1 aromatic rings. The maximum absolute atomic E-state index is 10.8. The van der Waals surface area contributed by atoms with Gasteiger partial charge in [-0.05, 0) is 56.3 Å². The van der Waals surface area contributed by atoms with Crippen LogP contribution in [0, 0.1) is 19.8 Å². The van der Waals surface area contributed by atoms with Crippen LogP contribution < -0.4 is 4.74 Å². The monoisotopic (exact) mass is 275 g/mol. The molecule has 1 aromatic carbocycles. The first-order chi connectivity index (χ1) is 9.56. The molecule has 0 bridgehead atoms. The summed E-state index contributed by atoms with van der Waals surface area (Å²) in [6, 6.07) is 4.28. The number of ether oxygens (including phenoxy) is 1. The average molecular weight is 275 g/mol. The molecule has 3 rings (SSSR count). The quantitative estimate of drug-likeness (QED) is 0.855. The SMILES string of the molecule is Cc1cc(C)c2c(c1)OCC(N1CCCC(C)C1)C2O. The summed E-state index contributed by atoms with van der Waals surface area (Å²) in [7, 11) is 0. The number of fused-ring (bicyclic) bond motifs is 1. The lowest BCUT2D eigenvalue weighted by atomic mass is 9.90. The first-order valence-electron chi connectivity index (χ1n) is 7.72. The maximum Gasteiger partial charge on any atom is 0.125 e. The van der Waals surface area contributed by atoms with E-state index in [1.54, 1.807) is 0 Å². The highest BCUT2D eigenvalue weighted by Crippen LogP contribution is 2.38. The maximum atomic E-state index is 10.8. The van der Waals surface area contributed by atoms with E-state index in [4.69, 9.17) is 4.74 Å². The minimum Gasteiger partial charge on any atom is -0.491 e. The van der Waals surface area contributed by atoms with Crippen molar-refractivity contribution in [3.63, 3.8) is 0 Å². The van der Waals surface area contributed by atoms with Crippen molar-refractivity contribution in [2.75, 3.05) is 19.7 Å². The van der Waals surface area contributed by atoms with Crippen molar-refractivity contribution >= 4 is 0 Å². The fourth-order valence-electron chi connectivity index (χ4n) is 3.73. The van der Waals surface area contributed by atoms with Crippen molar-refractivity contribution in [3.05, 3.63) is 28.8 Å². The van der Waals surface area contributed by atoms with E-state index in [1.807, 2.05) is 6.07 Å². The van der Waals surface area contributed by atoms with E-state index in [9.17, 15) is 5.11 Å². The van der Waals surface area contributed by atoms with E-state index in [2.05, 4.69) is 31.7 Å². The molecule has 3 nitrogen and oxygen atoms in total. The molecule has 1 N–H and O–H groups in total. The Morgan fingerprint density at radius 1 is 1.30 bits per heavy atom. The Hall–Kier alpha value is -1.06. The predicted octanol–water partition coefficient (Wildman–Crippen LogP) is 2.83. The number of hydrogen-bond acceptors (Lipinski definition) is 3. The zero-order valence-electron chi connectivity index (χ0n) is 12.7. The van der Waals surface area contributed by atoms with Gasteiger partial charge in [0, 0.05) is 12.1 Å². The Balaban J connectivity index is 1.87. The fourth-order valence-corrected chi connectivity index (χ4v) is 3.73. The highest BCUT2D eigenvalue weighted by atomic mass is 16.5. The van der Waals surface area contributed by atoms with Crippen molar-refractivity contribution < 1.29 is 9.84 Å². The second-order valence-corrected chi connectivity index (χ2v) is 6.56. The zero-order valence-corrected chi connectivity index (χ0v) is 12.7. The molecule has 2 aliphatic heterocycles. The fraction of sp³-hybridized carbons (Fsp3) is 0.647. The molecule has 3 atom stereocenters. The van der Waals surface area contributed by atoms with Gasteiger partial charge in [0.1, 0.15) is 18.5 Å². The number of benzene rings is 1. The molecule has 0 radical (unpaired) electrons. The molecule has 2 aliphatic rings. The number of aliphatic hydroxyl groups excluding tert-OH is 1. The largest absolute Gasteiger partial charge is 0.491 e. The van der Waals surface area contributed by atoms with E-state index in [0.717, 1.165) is 35.9 Å². The number of aliphatic hydroxyl groups is 1. The van der Waals surface area contributed by atoms with Gasteiger partial charge in [-0.1, -0.05) is 13.0 Å². The summed E-state index contributed by atoms with van der Waals surface area (Å²) in [4.78, 5) is 2.42. The van der Waals surface area contributed by atoms with Crippen LogP contribution in [0.25, 0.3) is 0 Å². The van der Waals surface area contributed by atoms with Gasteiger partial charge in [0.25, 0.3) is 0 Å². The van der Waals surface area contributed by atoms with Crippen LogP contribution in [0.2, 0.25) is 0 Å². The number of rotatable bonds is 1. The third-order valence-corrected chi connectivity index (χ3v) is 4.72. The summed E-state index contributed by atoms with van der Waals surface area (Å²) in [6.07, 6.45) is 2.10. The van der Waals surface area contributed by atoms with Gasteiger partial charge in [-0.3, -0.25) is 4.90 Å². The van der Waals surface area contributed by atoms with Gasteiger partial charge in [-0.2, -0.15) is 0 Å². The van der Waals surface area contributed by atoms with Crippen LogP contribution >= 0.6 is 0 Å². The second-order valence-electron chi connectivity index (χ2n) is 6.56. The normalized spacial score (nSPS) is 30.7. The molecule has 110 valence electrons. The molecule has 20 heavy (non-hydrogen) atoms. The van der Waals surface area contributed by atoms with Gasteiger partial charge in [-0.15, -0.1) is 0 Å². The third kappa shape index (κ3) is 2.45. The smallest absolute Gasteiger partial charge is 0.125 e. The predicted molar refractivity (Wildman–Crippen MR) is 80.1 cm³/mol. The van der Waals surface area contributed by atoms with Crippen LogP contribution in [-0.2, 0) is 0 Å². The molecule has 3 heteroatoms. The third-order valence-electron chi connectivity index (χ3n) is 4.72. The number of piperidine rings is 1. The molecule has 1 fully saturated rings. The molecule has 0 amide bonds. The number of hydrogen-bond donors (Lipinski definition) is 1. The lowest BCUT2D eigenvalue weighted by Crippen LogP contribution is -2.49. The number of likely N-dealkylation sites (tertiary alicyclic amines) is 1. The van der Waals surface area contributed by atoms with Gasteiger partial charge in [0.15, 0.2) is 0 Å². The summed E-state index contributed by atoms with van der Waals surface area (Å²) < 4.78 is 5.95. The molecule has 0 aliphatic carbocycles. The van der Waals surface area contributed by atoms with Crippen LogP contribution in [0.15, 0.2) is 12.1 Å². The molecule has 0 saturated carbocycles. The van der Waals surface area contributed by atoms with Crippen molar-refractivity contribution in [1.82, 2.24) is 4.90 Å². The summed E-state index contributed by atoms with van der Waals surface area (Å²) >= 11 is 0. The summed E-state index contributed by atoms with van der Waals surface area (Å²) in [5.41, 5.74) is 3.32. The van der Waals surface area contributed by atoms with Gasteiger partial charge in [0.05, 0.1) is 6.04 Å². The summed E-state index contributed by atoms with van der Waals surface area (Å²) in [5.74, 6) is 1.59. The topological polar surface area (TPSA) is 32.7 Å². The van der Waals surface area contributed by atoms with Gasteiger partial charge < -0.3 is 9.84 Å². The van der Waals surface area contributed by atoms with Gasteiger partial charge >= 0.3 is 0 Å². The molecule has 1 saturated heterocycles. The van der Waals surface area contributed by atoms with Crippen molar-refractivity contribution in [3.8, 4) is 5.75 Å². The average Bonchev–Trinajstić information content (AvgIpc) is 2.38.